The summed E-state index contributed by atoms with van der Waals surface area (Å²) in [6.07, 6.45) is 0. The van der Waals surface area contributed by atoms with Crippen LogP contribution in [-0.4, -0.2) is 0 Å². The standard InChI is InChI=1S/C21H17P2S2/c1-21(2)19-12-14(22-24)8-10-17(19)18-11-9-16(13-20(18)21)23(25)15-6-4-3-5-7-15/h3-13H,1-2H3/q+1. The minimum atomic E-state index is -0.739. The number of benzene rings is 3. The summed E-state index contributed by atoms with van der Waals surface area (Å²) in [5.74, 6) is 0. The third kappa shape index (κ3) is 2.82. The Morgan fingerprint density at radius 1 is 0.800 bits per heavy atom. The van der Waals surface area contributed by atoms with E-state index < -0.39 is 6.70 Å². The first kappa shape index (κ1) is 17.1. The van der Waals surface area contributed by atoms with E-state index in [1.165, 1.54) is 38.2 Å². The van der Waals surface area contributed by atoms with Gasteiger partial charge in [0.15, 0.2) is 22.4 Å². The molecule has 0 spiro atoms. The monoisotopic (exact) mass is 395 g/mol. The average Bonchev–Trinajstić information content (AvgIpc) is 2.88. The lowest BCUT2D eigenvalue weighted by atomic mass is 9.82. The second kappa shape index (κ2) is 6.45. The molecule has 0 saturated carbocycles. The summed E-state index contributed by atoms with van der Waals surface area (Å²) in [5.41, 5.74) is 5.42. The summed E-state index contributed by atoms with van der Waals surface area (Å²) in [6, 6.07) is 23.9. The van der Waals surface area contributed by atoms with Crippen molar-refractivity contribution in [2.24, 2.45) is 0 Å². The van der Waals surface area contributed by atoms with E-state index in [2.05, 4.69) is 74.5 Å². The molecule has 122 valence electrons. The fourth-order valence-corrected chi connectivity index (χ4v) is 6.17. The lowest BCUT2D eigenvalue weighted by Crippen LogP contribution is -2.18. The third-order valence-electron chi connectivity index (χ3n) is 4.97. The molecule has 0 radical (unpaired) electrons. The molecule has 4 heteroatoms. The number of hydrogen-bond acceptors (Lipinski definition) is 2. The molecule has 1 unspecified atom stereocenters. The van der Waals surface area contributed by atoms with E-state index in [9.17, 15) is 0 Å². The van der Waals surface area contributed by atoms with Gasteiger partial charge in [-0.25, -0.2) is 0 Å². The zero-order chi connectivity index (χ0) is 17.6. The van der Waals surface area contributed by atoms with Crippen molar-refractivity contribution in [3.63, 3.8) is 0 Å². The highest BCUT2D eigenvalue weighted by Crippen LogP contribution is 2.48. The Morgan fingerprint density at radius 3 is 2.12 bits per heavy atom. The van der Waals surface area contributed by atoms with Crippen molar-refractivity contribution >= 4 is 53.6 Å². The van der Waals surface area contributed by atoms with Crippen molar-refractivity contribution < 1.29 is 0 Å². The summed E-state index contributed by atoms with van der Waals surface area (Å²) < 4.78 is 0. The molecular formula is C21H17P2S2+. The average molecular weight is 395 g/mol. The summed E-state index contributed by atoms with van der Waals surface area (Å²) in [5, 5.41) is 3.70. The molecule has 25 heavy (non-hydrogen) atoms. The molecule has 3 aromatic carbocycles. The number of fused-ring (bicyclic) bond motifs is 3. The van der Waals surface area contributed by atoms with Crippen molar-refractivity contribution in [2.45, 2.75) is 19.3 Å². The SMILES string of the molecule is CC1(C)c2cc(P=S)ccc2-c2ccc([P+](=S)c3ccccc3)cc21. The summed E-state index contributed by atoms with van der Waals surface area (Å²) >= 11 is 11.1. The van der Waals surface area contributed by atoms with Gasteiger partial charge in [-0.3, -0.25) is 0 Å². The highest BCUT2D eigenvalue weighted by Gasteiger charge is 2.37. The van der Waals surface area contributed by atoms with Crippen molar-refractivity contribution in [1.82, 2.24) is 0 Å². The lowest BCUT2D eigenvalue weighted by molar-refractivity contribution is 0.661. The van der Waals surface area contributed by atoms with Crippen LogP contribution < -0.4 is 15.9 Å². The predicted octanol–water partition coefficient (Wildman–Crippen LogP) is 4.92. The van der Waals surface area contributed by atoms with Gasteiger partial charge in [-0.05, 0) is 64.7 Å². The highest BCUT2D eigenvalue weighted by molar-refractivity contribution is 8.12. The lowest BCUT2D eigenvalue weighted by Gasteiger charge is -2.21. The molecular weight excluding hydrogens is 378 g/mol. The van der Waals surface area contributed by atoms with Gasteiger partial charge in [0.05, 0.1) is 0 Å². The molecule has 0 fully saturated rings. The van der Waals surface area contributed by atoms with Crippen LogP contribution in [0.5, 0.6) is 0 Å². The Hall–Kier alpha value is -1.30. The quantitative estimate of drug-likeness (QED) is 0.578. The molecule has 0 aliphatic heterocycles. The van der Waals surface area contributed by atoms with E-state index in [0.29, 0.717) is 0 Å². The topological polar surface area (TPSA) is 0 Å². The van der Waals surface area contributed by atoms with Crippen LogP contribution in [0.25, 0.3) is 11.1 Å². The second-order valence-corrected chi connectivity index (χ2v) is 10.8. The van der Waals surface area contributed by atoms with Crippen LogP contribution in [0.3, 0.4) is 0 Å². The van der Waals surface area contributed by atoms with Crippen LogP contribution in [0.2, 0.25) is 0 Å². The minimum Gasteiger partial charge on any atom is -0.0619 e. The van der Waals surface area contributed by atoms with E-state index >= 15 is 0 Å². The first-order valence-electron chi connectivity index (χ1n) is 8.17. The fraction of sp³-hybridized carbons (Fsp3) is 0.143. The molecule has 0 heterocycles. The van der Waals surface area contributed by atoms with Crippen LogP contribution in [0.15, 0.2) is 66.7 Å². The van der Waals surface area contributed by atoms with E-state index in [4.69, 9.17) is 23.6 Å². The van der Waals surface area contributed by atoms with Crippen molar-refractivity contribution in [1.29, 1.82) is 0 Å². The molecule has 0 bridgehead atoms. The van der Waals surface area contributed by atoms with E-state index in [0.717, 1.165) is 7.36 Å². The molecule has 0 nitrogen and oxygen atoms in total. The molecule has 0 aromatic heterocycles. The van der Waals surface area contributed by atoms with Gasteiger partial charge in [-0.15, -0.1) is 0 Å². The Labute approximate surface area is 161 Å². The maximum absolute atomic E-state index is 5.89. The van der Waals surface area contributed by atoms with Gasteiger partial charge in [0, 0.05) is 18.1 Å². The zero-order valence-electron chi connectivity index (χ0n) is 14.1. The van der Waals surface area contributed by atoms with Gasteiger partial charge < -0.3 is 0 Å². The fourth-order valence-electron chi connectivity index (χ4n) is 3.61. The normalized spacial score (nSPS) is 14.9. The Balaban J connectivity index is 1.84. The predicted molar refractivity (Wildman–Crippen MR) is 118 cm³/mol. The van der Waals surface area contributed by atoms with Gasteiger partial charge in [0.25, 0.3) is 0 Å². The Kier molecular flexibility index (Phi) is 4.42. The third-order valence-corrected chi connectivity index (χ3v) is 8.87. The molecule has 0 amide bonds. The molecule has 1 atom stereocenters. The first-order chi connectivity index (χ1) is 12.0. The molecule has 4 rings (SSSR count). The number of rotatable bonds is 3. The first-order valence-corrected chi connectivity index (χ1v) is 12.4. The maximum Gasteiger partial charge on any atom is 0.250 e. The summed E-state index contributed by atoms with van der Waals surface area (Å²) in [7, 11) is 0.905. The summed E-state index contributed by atoms with van der Waals surface area (Å²) in [6.45, 7) is 3.87. The molecule has 3 aromatic rings. The van der Waals surface area contributed by atoms with Gasteiger partial charge in [0.2, 0.25) is 6.70 Å². The van der Waals surface area contributed by atoms with Crippen molar-refractivity contribution in [3.8, 4) is 11.1 Å². The smallest absolute Gasteiger partial charge is 0.0619 e. The van der Waals surface area contributed by atoms with Crippen molar-refractivity contribution in [2.75, 3.05) is 0 Å². The second-order valence-electron chi connectivity index (χ2n) is 6.81. The van der Waals surface area contributed by atoms with Crippen LogP contribution in [-0.2, 0) is 29.0 Å². The Bertz CT molecular complexity index is 1010. The van der Waals surface area contributed by atoms with Gasteiger partial charge in [0.1, 0.15) is 0 Å². The van der Waals surface area contributed by atoms with Crippen LogP contribution in [0.4, 0.5) is 0 Å². The zero-order valence-corrected chi connectivity index (χ0v) is 17.5. The highest BCUT2D eigenvalue weighted by atomic mass is 32.4. The minimum absolute atomic E-state index is 0.0150. The molecule has 1 aliphatic rings. The van der Waals surface area contributed by atoms with Gasteiger partial charge >= 0.3 is 0 Å². The largest absolute Gasteiger partial charge is 0.250 e. The van der Waals surface area contributed by atoms with Crippen LogP contribution in [0, 0.1) is 0 Å². The van der Waals surface area contributed by atoms with Crippen LogP contribution in [0.1, 0.15) is 25.0 Å². The van der Waals surface area contributed by atoms with Crippen molar-refractivity contribution in [3.05, 3.63) is 77.9 Å². The van der Waals surface area contributed by atoms with E-state index in [-0.39, 0.29) is 5.41 Å². The van der Waals surface area contributed by atoms with Gasteiger partial charge in [-0.1, -0.05) is 49.9 Å². The summed E-state index contributed by atoms with van der Waals surface area (Å²) in [4.78, 5) is 0. The molecule has 0 saturated heterocycles. The molecule has 0 N–H and O–H groups in total. The molecule has 1 aliphatic carbocycles. The maximum atomic E-state index is 5.89. The van der Waals surface area contributed by atoms with E-state index in [1.807, 2.05) is 6.07 Å². The van der Waals surface area contributed by atoms with Gasteiger partial charge in [-0.2, -0.15) is 0 Å². The van der Waals surface area contributed by atoms with Crippen LogP contribution >= 0.6 is 14.1 Å². The number of hydrogen-bond donors (Lipinski definition) is 0. The van der Waals surface area contributed by atoms with E-state index in [1.54, 1.807) is 0 Å². The Morgan fingerprint density at radius 2 is 1.44 bits per heavy atom.